The first-order chi connectivity index (χ1) is 14.8. The van der Waals surface area contributed by atoms with E-state index in [1.807, 2.05) is 36.4 Å². The monoisotopic (exact) mass is 385 g/mol. The minimum atomic E-state index is -0.0116. The molecule has 0 radical (unpaired) electrons. The molecule has 0 unspecified atom stereocenters. The van der Waals surface area contributed by atoms with Crippen LogP contribution < -0.4 is 0 Å². The molecule has 0 aliphatic carbocycles. The molecule has 6 aromatic rings. The highest BCUT2D eigenvalue weighted by atomic mass is 16.2. The van der Waals surface area contributed by atoms with Crippen molar-refractivity contribution in [2.75, 3.05) is 0 Å². The Morgan fingerprint density at radius 2 is 1.23 bits per heavy atom. The lowest BCUT2D eigenvalue weighted by atomic mass is 10.1. The van der Waals surface area contributed by atoms with Gasteiger partial charge in [-0.3, -0.25) is 9.36 Å². The summed E-state index contributed by atoms with van der Waals surface area (Å²) in [5, 5.41) is 2.44. The number of hydrogen-bond donors (Lipinski definition) is 0. The summed E-state index contributed by atoms with van der Waals surface area (Å²) in [6.07, 6.45) is 0. The van der Waals surface area contributed by atoms with Crippen molar-refractivity contribution >= 4 is 38.7 Å². The zero-order valence-electron chi connectivity index (χ0n) is 15.9. The number of aromatic nitrogens is 3. The zero-order valence-corrected chi connectivity index (χ0v) is 15.9. The smallest absolute Gasteiger partial charge is 0.264 e. The predicted molar refractivity (Wildman–Crippen MR) is 119 cm³/mol. The van der Waals surface area contributed by atoms with Crippen LogP contribution in [0.2, 0.25) is 0 Å². The second-order valence-electron chi connectivity index (χ2n) is 7.66. The number of para-hydroxylation sites is 4. The Hall–Kier alpha value is -4.18. The number of carbonyl (C=O) groups excluding carboxylic acids is 1. The molecule has 7 rings (SSSR count). The van der Waals surface area contributed by atoms with Crippen LogP contribution in [0.25, 0.3) is 49.9 Å². The molecule has 0 saturated carbocycles. The molecule has 1 aliphatic heterocycles. The van der Waals surface area contributed by atoms with Gasteiger partial charge in [0.1, 0.15) is 5.82 Å². The topological polar surface area (TPSA) is 39.8 Å². The summed E-state index contributed by atoms with van der Waals surface area (Å²) in [7, 11) is 0. The zero-order chi connectivity index (χ0) is 19.8. The molecule has 0 saturated heterocycles. The molecular weight excluding hydrogens is 370 g/mol. The van der Waals surface area contributed by atoms with E-state index in [4.69, 9.17) is 4.98 Å². The lowest BCUT2D eigenvalue weighted by Gasteiger charge is -2.09. The number of nitrogens with zero attached hydrogens (tertiary/aromatic N) is 3. The van der Waals surface area contributed by atoms with Gasteiger partial charge in [-0.1, -0.05) is 48.5 Å². The van der Waals surface area contributed by atoms with Gasteiger partial charge in [-0.05, 0) is 42.5 Å². The standard InChI is InChI=1S/C26H15N3O/c30-26-19-14-13-16(15-20(19)25-27-21-9-3-6-12-24(21)29(25)26)28-22-10-4-1-7-17(22)18-8-2-5-11-23(18)28/h1-15H. The van der Waals surface area contributed by atoms with E-state index in [1.165, 1.54) is 10.8 Å². The molecule has 30 heavy (non-hydrogen) atoms. The Labute approximate surface area is 171 Å². The minimum Gasteiger partial charge on any atom is -0.309 e. The molecule has 4 nitrogen and oxygen atoms in total. The fourth-order valence-electron chi connectivity index (χ4n) is 4.78. The van der Waals surface area contributed by atoms with E-state index in [1.54, 1.807) is 4.57 Å². The molecule has 4 heteroatoms. The van der Waals surface area contributed by atoms with Gasteiger partial charge in [-0.2, -0.15) is 0 Å². The van der Waals surface area contributed by atoms with Gasteiger partial charge in [0.05, 0.1) is 27.6 Å². The third-order valence-electron chi connectivity index (χ3n) is 6.08. The first kappa shape index (κ1) is 15.7. The molecule has 0 bridgehead atoms. The van der Waals surface area contributed by atoms with E-state index in [0.717, 1.165) is 39.1 Å². The van der Waals surface area contributed by atoms with Crippen LogP contribution in [0.4, 0.5) is 0 Å². The number of imidazole rings is 1. The summed E-state index contributed by atoms with van der Waals surface area (Å²) in [6.45, 7) is 0. The second-order valence-corrected chi connectivity index (χ2v) is 7.66. The van der Waals surface area contributed by atoms with Crippen molar-refractivity contribution in [1.29, 1.82) is 0 Å². The Morgan fingerprint density at radius 1 is 0.600 bits per heavy atom. The van der Waals surface area contributed by atoms with Gasteiger partial charge in [0.15, 0.2) is 0 Å². The van der Waals surface area contributed by atoms with Crippen LogP contribution in [0, 0.1) is 0 Å². The van der Waals surface area contributed by atoms with Crippen molar-refractivity contribution in [3.05, 3.63) is 96.6 Å². The van der Waals surface area contributed by atoms with Gasteiger partial charge in [0.2, 0.25) is 0 Å². The summed E-state index contributed by atoms with van der Waals surface area (Å²) in [4.78, 5) is 17.9. The molecule has 0 spiro atoms. The first-order valence-electron chi connectivity index (χ1n) is 9.96. The molecule has 140 valence electrons. The van der Waals surface area contributed by atoms with E-state index in [-0.39, 0.29) is 5.91 Å². The fraction of sp³-hybridized carbons (Fsp3) is 0. The van der Waals surface area contributed by atoms with Gasteiger partial charge in [-0.25, -0.2) is 4.98 Å². The maximum absolute atomic E-state index is 13.1. The second kappa shape index (κ2) is 5.45. The van der Waals surface area contributed by atoms with Crippen LogP contribution >= 0.6 is 0 Å². The Bertz CT molecular complexity index is 1620. The van der Waals surface area contributed by atoms with Crippen LogP contribution in [0.1, 0.15) is 10.4 Å². The molecular formula is C26H15N3O. The normalized spacial score (nSPS) is 12.7. The van der Waals surface area contributed by atoms with Crippen LogP contribution in [-0.2, 0) is 0 Å². The van der Waals surface area contributed by atoms with Crippen molar-refractivity contribution in [3.63, 3.8) is 0 Å². The summed E-state index contributed by atoms with van der Waals surface area (Å²) in [5.41, 5.74) is 6.61. The number of hydrogen-bond acceptors (Lipinski definition) is 2. The van der Waals surface area contributed by atoms with Crippen molar-refractivity contribution in [2.45, 2.75) is 0 Å². The summed E-state index contributed by atoms with van der Waals surface area (Å²) >= 11 is 0. The highest BCUT2D eigenvalue weighted by molar-refractivity contribution is 6.13. The number of benzene rings is 4. The maximum Gasteiger partial charge on any atom is 0.264 e. The number of rotatable bonds is 1. The van der Waals surface area contributed by atoms with Crippen molar-refractivity contribution in [1.82, 2.24) is 14.1 Å². The predicted octanol–water partition coefficient (Wildman–Crippen LogP) is 5.80. The first-order valence-corrected chi connectivity index (χ1v) is 9.96. The lowest BCUT2D eigenvalue weighted by Crippen LogP contribution is -2.05. The quantitative estimate of drug-likeness (QED) is 0.358. The Balaban J connectivity index is 1.55. The van der Waals surface area contributed by atoms with E-state index < -0.39 is 0 Å². The van der Waals surface area contributed by atoms with E-state index >= 15 is 0 Å². The molecule has 1 aliphatic rings. The molecule has 0 atom stereocenters. The highest BCUT2D eigenvalue weighted by Gasteiger charge is 2.30. The lowest BCUT2D eigenvalue weighted by molar-refractivity contribution is 0.0973. The molecule has 0 N–H and O–H groups in total. The van der Waals surface area contributed by atoms with E-state index in [0.29, 0.717) is 5.56 Å². The SMILES string of the molecule is O=C1c2ccc(-n3c4ccccc4c4ccccc43)cc2-c2nc3ccccc3n21. The average molecular weight is 385 g/mol. The van der Waals surface area contributed by atoms with Crippen molar-refractivity contribution in [2.24, 2.45) is 0 Å². The van der Waals surface area contributed by atoms with Gasteiger partial charge >= 0.3 is 0 Å². The minimum absolute atomic E-state index is 0.0116. The third-order valence-corrected chi connectivity index (χ3v) is 6.08. The van der Waals surface area contributed by atoms with Gasteiger partial charge in [0.25, 0.3) is 5.91 Å². The van der Waals surface area contributed by atoms with Gasteiger partial charge < -0.3 is 4.57 Å². The van der Waals surface area contributed by atoms with E-state index in [9.17, 15) is 4.79 Å². The number of carbonyl (C=O) groups is 1. The van der Waals surface area contributed by atoms with E-state index in [2.05, 4.69) is 59.2 Å². The van der Waals surface area contributed by atoms with Gasteiger partial charge in [0, 0.05) is 22.0 Å². The summed E-state index contributed by atoms with van der Waals surface area (Å²) in [5.74, 6) is 0.710. The average Bonchev–Trinajstić information content (AvgIpc) is 3.42. The fourth-order valence-corrected chi connectivity index (χ4v) is 4.78. The largest absolute Gasteiger partial charge is 0.309 e. The van der Waals surface area contributed by atoms with Crippen LogP contribution in [0.3, 0.4) is 0 Å². The van der Waals surface area contributed by atoms with Crippen molar-refractivity contribution in [3.8, 4) is 17.1 Å². The van der Waals surface area contributed by atoms with Gasteiger partial charge in [-0.15, -0.1) is 0 Å². The number of fused-ring (bicyclic) bond motifs is 8. The summed E-state index contributed by atoms with van der Waals surface area (Å²) in [6, 6.07) is 30.7. The molecule has 3 heterocycles. The molecule has 4 aromatic carbocycles. The maximum atomic E-state index is 13.1. The highest BCUT2D eigenvalue weighted by Crippen LogP contribution is 2.38. The molecule has 2 aromatic heterocycles. The Morgan fingerprint density at radius 3 is 1.97 bits per heavy atom. The Kier molecular flexibility index (Phi) is 2.86. The third kappa shape index (κ3) is 1.85. The van der Waals surface area contributed by atoms with Crippen LogP contribution in [-0.4, -0.2) is 20.0 Å². The summed E-state index contributed by atoms with van der Waals surface area (Å²) < 4.78 is 4.00. The van der Waals surface area contributed by atoms with Crippen LogP contribution in [0.15, 0.2) is 91.0 Å². The van der Waals surface area contributed by atoms with Crippen molar-refractivity contribution < 1.29 is 4.79 Å². The molecule has 0 amide bonds. The van der Waals surface area contributed by atoms with Crippen LogP contribution in [0.5, 0.6) is 0 Å². The molecule has 0 fully saturated rings.